The lowest BCUT2D eigenvalue weighted by Gasteiger charge is -2.26. The van der Waals surface area contributed by atoms with E-state index in [-0.39, 0.29) is 18.9 Å². The van der Waals surface area contributed by atoms with Gasteiger partial charge in [0.1, 0.15) is 0 Å². The number of ether oxygens (including phenoxy) is 1. The van der Waals surface area contributed by atoms with Crippen LogP contribution in [0, 0.1) is 0 Å². The fourth-order valence-electron chi connectivity index (χ4n) is 3.09. The van der Waals surface area contributed by atoms with Gasteiger partial charge in [-0.2, -0.15) is 0 Å². The van der Waals surface area contributed by atoms with E-state index in [9.17, 15) is 9.59 Å². The number of carboxylic acid groups (broad SMARTS) is 1. The van der Waals surface area contributed by atoms with E-state index in [4.69, 9.17) is 9.84 Å². The van der Waals surface area contributed by atoms with Crippen LogP contribution in [0.5, 0.6) is 0 Å². The van der Waals surface area contributed by atoms with Gasteiger partial charge in [-0.3, -0.25) is 9.59 Å². The Morgan fingerprint density at radius 3 is 2.83 bits per heavy atom. The number of hydrogen-bond donors (Lipinski definition) is 2. The fraction of sp³-hybridized carbons (Fsp3) is 0.294. The molecule has 1 fully saturated rings. The maximum absolute atomic E-state index is 12.6. The van der Waals surface area contributed by atoms with Crippen LogP contribution in [0.15, 0.2) is 30.3 Å². The highest BCUT2D eigenvalue weighted by molar-refractivity contribution is 7.33. The summed E-state index contributed by atoms with van der Waals surface area (Å²) in [4.78, 5) is 24.4. The Bertz CT molecular complexity index is 937. The van der Waals surface area contributed by atoms with Gasteiger partial charge in [-0.25, -0.2) is 0 Å². The molecule has 2 N–H and O–H groups in total. The minimum Gasteiger partial charge on any atom is -0.481 e. The normalized spacial score (nSPS) is 20.7. The van der Waals surface area contributed by atoms with Crippen molar-refractivity contribution in [1.29, 1.82) is 0 Å². The number of thiophene rings is 2. The number of hydrogen-bond acceptors (Lipinski definition) is 5. The van der Waals surface area contributed by atoms with Crippen LogP contribution in [0.3, 0.4) is 0 Å². The molecule has 1 amide bonds. The van der Waals surface area contributed by atoms with Gasteiger partial charge in [-0.05, 0) is 18.6 Å². The van der Waals surface area contributed by atoms with Crippen LogP contribution in [-0.2, 0) is 9.53 Å². The molecule has 1 atom stereocenters. The summed E-state index contributed by atoms with van der Waals surface area (Å²) >= 11 is 3.12. The van der Waals surface area contributed by atoms with E-state index < -0.39 is 11.5 Å². The predicted molar refractivity (Wildman–Crippen MR) is 95.1 cm³/mol. The first kappa shape index (κ1) is 15.6. The third-order valence-electron chi connectivity index (χ3n) is 4.25. The summed E-state index contributed by atoms with van der Waals surface area (Å²) in [5.41, 5.74) is -0.803. The number of carbonyl (C=O) groups excluding carboxylic acids is 1. The van der Waals surface area contributed by atoms with Crippen molar-refractivity contribution in [1.82, 2.24) is 5.32 Å². The van der Waals surface area contributed by atoms with Crippen molar-refractivity contribution < 1.29 is 19.4 Å². The Balaban J connectivity index is 1.64. The maximum atomic E-state index is 12.6. The van der Waals surface area contributed by atoms with Gasteiger partial charge in [0.05, 0.1) is 28.1 Å². The summed E-state index contributed by atoms with van der Waals surface area (Å²) in [6.45, 7) is 0.714. The van der Waals surface area contributed by atoms with Crippen LogP contribution >= 0.6 is 22.7 Å². The molecule has 3 heterocycles. The monoisotopic (exact) mass is 361 g/mol. The first-order valence-electron chi connectivity index (χ1n) is 7.59. The molecule has 4 rings (SSSR count). The van der Waals surface area contributed by atoms with Gasteiger partial charge in [0.25, 0.3) is 5.91 Å². The van der Waals surface area contributed by atoms with Gasteiger partial charge >= 0.3 is 5.97 Å². The summed E-state index contributed by atoms with van der Waals surface area (Å²) in [6.07, 6.45) is 0.398. The van der Waals surface area contributed by atoms with Crippen LogP contribution < -0.4 is 5.32 Å². The van der Waals surface area contributed by atoms with Crippen molar-refractivity contribution in [3.8, 4) is 0 Å². The number of benzene rings is 1. The number of rotatable bonds is 4. The minimum atomic E-state index is -0.932. The topological polar surface area (TPSA) is 75.6 Å². The molecule has 3 aromatic rings. The van der Waals surface area contributed by atoms with Crippen molar-refractivity contribution in [2.45, 2.75) is 18.4 Å². The SMILES string of the molecule is O=C(O)CC1(NC(=O)c2cc3sc4ccccc4c3s2)CCOC1. The molecule has 5 nitrogen and oxygen atoms in total. The summed E-state index contributed by atoms with van der Waals surface area (Å²) in [5, 5.41) is 13.2. The van der Waals surface area contributed by atoms with Crippen LogP contribution in [-0.4, -0.2) is 35.7 Å². The quantitative estimate of drug-likeness (QED) is 0.746. The van der Waals surface area contributed by atoms with Crippen molar-refractivity contribution in [2.24, 2.45) is 0 Å². The molecule has 1 saturated heterocycles. The zero-order chi connectivity index (χ0) is 16.7. The first-order chi connectivity index (χ1) is 11.6. The second-order valence-electron chi connectivity index (χ2n) is 6.01. The molecule has 0 bridgehead atoms. The maximum Gasteiger partial charge on any atom is 0.305 e. The zero-order valence-electron chi connectivity index (χ0n) is 12.7. The van der Waals surface area contributed by atoms with Gasteiger partial charge in [0, 0.05) is 21.4 Å². The van der Waals surface area contributed by atoms with Crippen molar-refractivity contribution in [3.05, 3.63) is 35.2 Å². The highest BCUT2D eigenvalue weighted by Gasteiger charge is 2.39. The van der Waals surface area contributed by atoms with E-state index in [0.29, 0.717) is 17.9 Å². The number of fused-ring (bicyclic) bond motifs is 3. The smallest absolute Gasteiger partial charge is 0.305 e. The van der Waals surface area contributed by atoms with Crippen LogP contribution in [0.4, 0.5) is 0 Å². The first-order valence-corrected chi connectivity index (χ1v) is 9.23. The molecular formula is C17H15NO4S2. The van der Waals surface area contributed by atoms with Gasteiger partial charge < -0.3 is 15.2 Å². The lowest BCUT2D eigenvalue weighted by Crippen LogP contribution is -2.50. The number of nitrogens with one attached hydrogen (secondary N) is 1. The van der Waals surface area contributed by atoms with E-state index in [0.717, 1.165) is 14.8 Å². The largest absolute Gasteiger partial charge is 0.481 e. The van der Waals surface area contributed by atoms with Gasteiger partial charge in [-0.15, -0.1) is 22.7 Å². The van der Waals surface area contributed by atoms with Gasteiger partial charge in [-0.1, -0.05) is 18.2 Å². The summed E-state index contributed by atoms with van der Waals surface area (Å²) in [7, 11) is 0. The van der Waals surface area contributed by atoms with E-state index in [1.165, 1.54) is 16.0 Å². The zero-order valence-corrected chi connectivity index (χ0v) is 14.3. The summed E-state index contributed by atoms with van der Waals surface area (Å²) in [5.74, 6) is -1.15. The number of carbonyl (C=O) groups is 2. The van der Waals surface area contributed by atoms with Gasteiger partial charge in [0.2, 0.25) is 0 Å². The number of amides is 1. The van der Waals surface area contributed by atoms with Crippen molar-refractivity contribution in [2.75, 3.05) is 13.2 Å². The standard InChI is InChI=1S/C17H15NO4S2/c19-14(20)8-17(5-6-22-9-17)18-16(21)13-7-12-15(24-13)10-3-1-2-4-11(10)23-12/h1-4,7H,5-6,8-9H2,(H,18,21)(H,19,20). The molecule has 0 radical (unpaired) electrons. The highest BCUT2D eigenvalue weighted by atomic mass is 32.1. The third-order valence-corrected chi connectivity index (χ3v) is 6.66. The number of carboxylic acids is 1. The molecule has 0 aliphatic carbocycles. The highest BCUT2D eigenvalue weighted by Crippen LogP contribution is 2.39. The lowest BCUT2D eigenvalue weighted by atomic mass is 9.94. The molecule has 1 aliphatic rings. The third kappa shape index (κ3) is 2.68. The van der Waals surface area contributed by atoms with Crippen molar-refractivity contribution >= 4 is 54.0 Å². The Kier molecular flexibility index (Phi) is 3.79. The molecule has 124 valence electrons. The Morgan fingerprint density at radius 2 is 2.08 bits per heavy atom. The molecule has 2 aromatic heterocycles. The molecule has 0 saturated carbocycles. The Morgan fingerprint density at radius 1 is 1.25 bits per heavy atom. The van der Waals surface area contributed by atoms with Crippen molar-refractivity contribution in [3.63, 3.8) is 0 Å². The average Bonchev–Trinajstić information content (AvgIpc) is 3.20. The van der Waals surface area contributed by atoms with E-state index in [1.54, 1.807) is 11.3 Å². The van der Waals surface area contributed by atoms with E-state index >= 15 is 0 Å². The lowest BCUT2D eigenvalue weighted by molar-refractivity contribution is -0.138. The molecule has 1 aliphatic heterocycles. The van der Waals surface area contributed by atoms with E-state index in [1.807, 2.05) is 18.2 Å². The van der Waals surface area contributed by atoms with Crippen LogP contribution in [0.2, 0.25) is 0 Å². The average molecular weight is 361 g/mol. The molecule has 1 unspecified atom stereocenters. The molecule has 24 heavy (non-hydrogen) atoms. The Labute approximate surface area is 145 Å². The number of aliphatic carboxylic acids is 1. The van der Waals surface area contributed by atoms with Crippen LogP contribution in [0.25, 0.3) is 19.5 Å². The molecule has 7 heteroatoms. The second kappa shape index (κ2) is 5.84. The predicted octanol–water partition coefficient (Wildman–Crippen LogP) is 3.48. The second-order valence-corrected chi connectivity index (χ2v) is 8.15. The molecule has 0 spiro atoms. The molecule has 1 aromatic carbocycles. The Hall–Kier alpha value is -1.96. The van der Waals surface area contributed by atoms with E-state index in [2.05, 4.69) is 17.4 Å². The molecular weight excluding hydrogens is 346 g/mol. The van der Waals surface area contributed by atoms with Crippen LogP contribution in [0.1, 0.15) is 22.5 Å². The summed E-state index contributed by atoms with van der Waals surface area (Å²) in [6, 6.07) is 10.0. The van der Waals surface area contributed by atoms with Gasteiger partial charge in [0.15, 0.2) is 0 Å². The summed E-state index contributed by atoms with van der Waals surface area (Å²) < 4.78 is 8.72. The minimum absolute atomic E-state index is 0.124. The fourth-order valence-corrected chi connectivity index (χ4v) is 5.51.